The molecular weight excluding hydrogens is 238 g/mol. The van der Waals surface area contributed by atoms with Crippen LogP contribution in [0.25, 0.3) is 0 Å². The van der Waals surface area contributed by atoms with Gasteiger partial charge in [-0.3, -0.25) is 9.69 Å². The molecule has 0 radical (unpaired) electrons. The van der Waals surface area contributed by atoms with Crippen molar-refractivity contribution in [1.29, 1.82) is 0 Å². The molecule has 2 bridgehead atoms. The van der Waals surface area contributed by atoms with Crippen molar-refractivity contribution in [1.82, 2.24) is 4.90 Å². The molecule has 4 aliphatic rings. The minimum absolute atomic E-state index is 0.126. The Hall–Kier alpha value is -0.410. The van der Waals surface area contributed by atoms with Gasteiger partial charge in [0.2, 0.25) is 0 Å². The minimum atomic E-state index is -0.663. The Kier molecular flexibility index (Phi) is 2.63. The second-order valence-electron chi connectivity index (χ2n) is 7.48. The van der Waals surface area contributed by atoms with E-state index in [9.17, 15) is 9.90 Å². The molecule has 2 saturated heterocycles. The summed E-state index contributed by atoms with van der Waals surface area (Å²) in [5.41, 5.74) is 0.134. The molecule has 0 aromatic rings. The third-order valence-electron chi connectivity index (χ3n) is 6.61. The van der Waals surface area contributed by atoms with Crippen LogP contribution in [-0.4, -0.2) is 40.5 Å². The average Bonchev–Trinajstić information content (AvgIpc) is 2.40. The van der Waals surface area contributed by atoms with Crippen LogP contribution in [0.15, 0.2) is 0 Å². The van der Waals surface area contributed by atoms with Crippen molar-refractivity contribution in [3.05, 3.63) is 0 Å². The number of Topliss-reactive ketones (excluding diaryl/α,β-unsaturated/α-hetero) is 1. The van der Waals surface area contributed by atoms with Gasteiger partial charge in [0.05, 0.1) is 0 Å². The Morgan fingerprint density at radius 3 is 2.79 bits per heavy atom. The number of piperidine rings is 2. The van der Waals surface area contributed by atoms with Gasteiger partial charge in [0.1, 0.15) is 6.10 Å². The Balaban J connectivity index is 1.84. The molecule has 3 heteroatoms. The SMILES string of the molecule is C[C@H]1C[C@@H]2[C@H]3CCCN4CCC[C@H](C(=O)[C@@H]2O)[C@@]34C1. The maximum absolute atomic E-state index is 12.6. The van der Waals surface area contributed by atoms with Crippen LogP contribution in [0.3, 0.4) is 0 Å². The van der Waals surface area contributed by atoms with Gasteiger partial charge in [0.25, 0.3) is 0 Å². The Morgan fingerprint density at radius 2 is 2.00 bits per heavy atom. The smallest absolute Gasteiger partial charge is 0.166 e. The normalized spacial score (nSPS) is 53.8. The van der Waals surface area contributed by atoms with E-state index in [1.165, 1.54) is 32.4 Å². The fraction of sp³-hybridized carbons (Fsp3) is 0.938. The van der Waals surface area contributed by atoms with E-state index in [2.05, 4.69) is 11.8 Å². The molecule has 0 unspecified atom stereocenters. The van der Waals surface area contributed by atoms with Gasteiger partial charge in [-0.25, -0.2) is 0 Å². The van der Waals surface area contributed by atoms with Crippen molar-refractivity contribution in [2.45, 2.75) is 57.1 Å². The average molecular weight is 263 g/mol. The summed E-state index contributed by atoms with van der Waals surface area (Å²) in [4.78, 5) is 15.3. The first-order valence-electron chi connectivity index (χ1n) is 8.11. The molecule has 2 aliphatic heterocycles. The topological polar surface area (TPSA) is 40.5 Å². The van der Waals surface area contributed by atoms with Gasteiger partial charge in [0.15, 0.2) is 5.78 Å². The summed E-state index contributed by atoms with van der Waals surface area (Å²) in [6.45, 7) is 4.67. The van der Waals surface area contributed by atoms with Gasteiger partial charge < -0.3 is 5.11 Å². The first-order valence-corrected chi connectivity index (χ1v) is 8.11. The molecule has 1 spiro atoms. The highest BCUT2D eigenvalue weighted by molar-refractivity contribution is 5.88. The zero-order chi connectivity index (χ0) is 13.2. The molecule has 4 rings (SSSR count). The fourth-order valence-electron chi connectivity index (χ4n) is 6.16. The lowest BCUT2D eigenvalue weighted by atomic mass is 9.48. The van der Waals surface area contributed by atoms with E-state index < -0.39 is 6.10 Å². The Labute approximate surface area is 115 Å². The third kappa shape index (κ3) is 1.43. The number of rotatable bonds is 0. The standard InChI is InChI=1S/C16H25NO2/c1-10-8-11-12-4-2-6-17-7-3-5-13(15(19)14(11)18)16(12,17)9-10/h10-14,18H,2-9H2,1H3/t10-,11+,12+,13+,14+,16+/m0/s1. The van der Waals surface area contributed by atoms with Crippen molar-refractivity contribution < 1.29 is 9.90 Å². The lowest BCUT2D eigenvalue weighted by molar-refractivity contribution is -0.193. The fourth-order valence-corrected chi connectivity index (χ4v) is 6.16. The highest BCUT2D eigenvalue weighted by atomic mass is 16.3. The first kappa shape index (κ1) is 12.3. The first-order chi connectivity index (χ1) is 9.14. The lowest BCUT2D eigenvalue weighted by Gasteiger charge is -2.66. The predicted octanol–water partition coefficient (Wildman–Crippen LogP) is 1.84. The monoisotopic (exact) mass is 263 g/mol. The quantitative estimate of drug-likeness (QED) is 0.725. The molecule has 6 atom stereocenters. The van der Waals surface area contributed by atoms with E-state index in [0.29, 0.717) is 11.8 Å². The summed E-state index contributed by atoms with van der Waals surface area (Å²) < 4.78 is 0. The Bertz CT molecular complexity index is 408. The number of carbonyl (C=O) groups excluding carboxylic acids is 1. The summed E-state index contributed by atoms with van der Waals surface area (Å²) in [6.07, 6.45) is 6.22. The van der Waals surface area contributed by atoms with Crippen LogP contribution >= 0.6 is 0 Å². The summed E-state index contributed by atoms with van der Waals surface area (Å²) in [6, 6.07) is 0. The van der Waals surface area contributed by atoms with E-state index in [4.69, 9.17) is 0 Å². The number of carbonyl (C=O) groups is 1. The molecule has 106 valence electrons. The molecule has 0 amide bonds. The molecule has 0 aromatic carbocycles. The van der Waals surface area contributed by atoms with Gasteiger partial charge in [0, 0.05) is 11.5 Å². The maximum atomic E-state index is 12.6. The van der Waals surface area contributed by atoms with E-state index in [-0.39, 0.29) is 23.2 Å². The van der Waals surface area contributed by atoms with Gasteiger partial charge in [-0.2, -0.15) is 0 Å². The molecule has 1 N–H and O–H groups in total. The number of nitrogens with zero attached hydrogens (tertiary/aromatic N) is 1. The minimum Gasteiger partial charge on any atom is -0.385 e. The van der Waals surface area contributed by atoms with Crippen LogP contribution in [0.2, 0.25) is 0 Å². The molecule has 3 nitrogen and oxygen atoms in total. The number of aliphatic hydroxyl groups is 1. The molecule has 2 saturated carbocycles. The van der Waals surface area contributed by atoms with Gasteiger partial charge in [-0.15, -0.1) is 0 Å². The van der Waals surface area contributed by atoms with Crippen molar-refractivity contribution >= 4 is 5.78 Å². The lowest BCUT2D eigenvalue weighted by Crippen LogP contribution is -2.74. The van der Waals surface area contributed by atoms with Gasteiger partial charge >= 0.3 is 0 Å². The second kappa shape index (κ2) is 4.05. The van der Waals surface area contributed by atoms with Crippen LogP contribution < -0.4 is 0 Å². The molecule has 2 heterocycles. The van der Waals surface area contributed by atoms with Crippen molar-refractivity contribution in [3.63, 3.8) is 0 Å². The second-order valence-corrected chi connectivity index (χ2v) is 7.48. The zero-order valence-corrected chi connectivity index (χ0v) is 11.8. The van der Waals surface area contributed by atoms with E-state index >= 15 is 0 Å². The number of aliphatic hydroxyl groups excluding tert-OH is 1. The number of hydrogen-bond acceptors (Lipinski definition) is 3. The summed E-state index contributed by atoms with van der Waals surface area (Å²) in [5.74, 6) is 1.79. The highest BCUT2D eigenvalue weighted by Crippen LogP contribution is 2.59. The zero-order valence-electron chi connectivity index (χ0n) is 11.8. The predicted molar refractivity (Wildman–Crippen MR) is 72.7 cm³/mol. The summed E-state index contributed by atoms with van der Waals surface area (Å²) in [5, 5.41) is 10.5. The van der Waals surface area contributed by atoms with E-state index in [1.807, 2.05) is 0 Å². The van der Waals surface area contributed by atoms with Crippen LogP contribution in [0.1, 0.15) is 45.4 Å². The van der Waals surface area contributed by atoms with E-state index in [0.717, 1.165) is 19.3 Å². The largest absolute Gasteiger partial charge is 0.385 e. The maximum Gasteiger partial charge on any atom is 0.166 e. The van der Waals surface area contributed by atoms with E-state index in [1.54, 1.807) is 0 Å². The van der Waals surface area contributed by atoms with Crippen LogP contribution in [0, 0.1) is 23.7 Å². The molecule has 0 aromatic heterocycles. The van der Waals surface area contributed by atoms with Crippen LogP contribution in [-0.2, 0) is 4.79 Å². The van der Waals surface area contributed by atoms with Gasteiger partial charge in [-0.1, -0.05) is 6.92 Å². The molecule has 4 fully saturated rings. The Morgan fingerprint density at radius 1 is 1.26 bits per heavy atom. The molecule has 2 aliphatic carbocycles. The summed E-state index contributed by atoms with van der Waals surface area (Å²) in [7, 11) is 0. The van der Waals surface area contributed by atoms with Crippen molar-refractivity contribution in [2.75, 3.05) is 13.1 Å². The van der Waals surface area contributed by atoms with Crippen molar-refractivity contribution in [2.24, 2.45) is 23.7 Å². The molecular formula is C16H25NO2. The van der Waals surface area contributed by atoms with Crippen molar-refractivity contribution in [3.8, 4) is 0 Å². The number of hydrogen-bond donors (Lipinski definition) is 1. The summed E-state index contributed by atoms with van der Waals surface area (Å²) >= 11 is 0. The van der Waals surface area contributed by atoms with Crippen LogP contribution in [0.4, 0.5) is 0 Å². The third-order valence-corrected chi connectivity index (χ3v) is 6.61. The highest BCUT2D eigenvalue weighted by Gasteiger charge is 2.64. The van der Waals surface area contributed by atoms with Crippen LogP contribution in [0.5, 0.6) is 0 Å². The van der Waals surface area contributed by atoms with Gasteiger partial charge in [-0.05, 0) is 69.4 Å². The molecule has 19 heavy (non-hydrogen) atoms. The number of ketones is 1.